The molecule has 7 heteroatoms. The van der Waals surface area contributed by atoms with Crippen LogP contribution in [-0.4, -0.2) is 19.1 Å². The van der Waals surface area contributed by atoms with Crippen molar-refractivity contribution < 1.29 is 13.3 Å². The highest BCUT2D eigenvalue weighted by Gasteiger charge is 2.26. The van der Waals surface area contributed by atoms with E-state index in [0.717, 1.165) is 6.07 Å². The normalized spacial score (nSPS) is 12.4. The number of nitrogens with zero attached hydrogens (tertiary/aromatic N) is 1. The van der Waals surface area contributed by atoms with Gasteiger partial charge in [0.15, 0.2) is 9.84 Å². The molecule has 6 nitrogen and oxygen atoms in total. The molecule has 0 spiro atoms. The fourth-order valence-electron chi connectivity index (χ4n) is 1.55. The molecule has 0 aliphatic carbocycles. The Labute approximate surface area is 106 Å². The second-order valence-electron chi connectivity index (χ2n) is 5.30. The van der Waals surface area contributed by atoms with Crippen LogP contribution in [0.1, 0.15) is 20.8 Å². The van der Waals surface area contributed by atoms with Crippen LogP contribution in [-0.2, 0) is 9.84 Å². The molecule has 0 saturated heterocycles. The Bertz CT molecular complexity index is 573. The van der Waals surface area contributed by atoms with Crippen LogP contribution in [0.5, 0.6) is 0 Å². The summed E-state index contributed by atoms with van der Waals surface area (Å²) >= 11 is 0. The number of non-ortho nitro benzene ring substituents is 1. The summed E-state index contributed by atoms with van der Waals surface area (Å²) < 4.78 is 24.3. The van der Waals surface area contributed by atoms with Gasteiger partial charge in [0.1, 0.15) is 0 Å². The lowest BCUT2D eigenvalue weighted by Crippen LogP contribution is -2.21. The molecule has 0 unspecified atom stereocenters. The van der Waals surface area contributed by atoms with Crippen LogP contribution in [0.4, 0.5) is 11.4 Å². The van der Waals surface area contributed by atoms with E-state index < -0.39 is 20.2 Å². The Morgan fingerprint density at radius 1 is 1.33 bits per heavy atom. The fraction of sp³-hybridized carbons (Fsp3) is 0.455. The third-order valence-corrected chi connectivity index (χ3v) is 4.44. The molecule has 18 heavy (non-hydrogen) atoms. The van der Waals surface area contributed by atoms with E-state index in [1.807, 2.05) is 0 Å². The first-order valence-corrected chi connectivity index (χ1v) is 6.95. The van der Waals surface area contributed by atoms with Crippen LogP contribution in [0.25, 0.3) is 0 Å². The number of nitrogens with two attached hydrogens (primary N) is 1. The number of nitro groups is 1. The highest BCUT2D eigenvalue weighted by atomic mass is 32.2. The minimum Gasteiger partial charge on any atom is -0.398 e. The largest absolute Gasteiger partial charge is 0.398 e. The second kappa shape index (κ2) is 4.56. The molecule has 0 amide bonds. The Kier molecular flexibility index (Phi) is 3.66. The van der Waals surface area contributed by atoms with Gasteiger partial charge in [0.05, 0.1) is 21.3 Å². The number of hydrogen-bond donors (Lipinski definition) is 1. The first-order chi connectivity index (χ1) is 8.03. The Morgan fingerprint density at radius 3 is 2.33 bits per heavy atom. The predicted octanol–water partition coefficient (Wildman–Crippen LogP) is 2.00. The van der Waals surface area contributed by atoms with Crippen molar-refractivity contribution in [3.05, 3.63) is 28.3 Å². The summed E-state index contributed by atoms with van der Waals surface area (Å²) in [7, 11) is -3.63. The third kappa shape index (κ3) is 3.43. The Morgan fingerprint density at radius 2 is 1.89 bits per heavy atom. The van der Waals surface area contributed by atoms with E-state index >= 15 is 0 Å². The second-order valence-corrected chi connectivity index (χ2v) is 7.26. The summed E-state index contributed by atoms with van der Waals surface area (Å²) in [5.74, 6) is -0.120. The Hall–Kier alpha value is -1.63. The lowest BCUT2D eigenvalue weighted by atomic mass is 10.0. The number of anilines is 1. The van der Waals surface area contributed by atoms with Crippen molar-refractivity contribution in [2.75, 3.05) is 11.5 Å². The zero-order valence-corrected chi connectivity index (χ0v) is 11.3. The van der Waals surface area contributed by atoms with E-state index in [1.165, 1.54) is 12.1 Å². The van der Waals surface area contributed by atoms with Crippen molar-refractivity contribution in [1.82, 2.24) is 0 Å². The molecule has 0 aromatic heterocycles. The maximum atomic E-state index is 12.1. The molecule has 0 radical (unpaired) electrons. The zero-order valence-electron chi connectivity index (χ0n) is 10.5. The van der Waals surface area contributed by atoms with Gasteiger partial charge in [-0.15, -0.1) is 0 Å². The van der Waals surface area contributed by atoms with Crippen molar-refractivity contribution in [2.45, 2.75) is 25.7 Å². The summed E-state index contributed by atoms with van der Waals surface area (Å²) in [5, 5.41) is 10.6. The SMILES string of the molecule is CC(C)(C)CS(=O)(=O)c1cc([N+](=O)[O-])ccc1N. The van der Waals surface area contributed by atoms with E-state index in [0.29, 0.717) is 0 Å². The maximum Gasteiger partial charge on any atom is 0.270 e. The van der Waals surface area contributed by atoms with Gasteiger partial charge < -0.3 is 5.73 Å². The van der Waals surface area contributed by atoms with E-state index in [2.05, 4.69) is 0 Å². The summed E-state index contributed by atoms with van der Waals surface area (Å²) in [6.45, 7) is 5.33. The quantitative estimate of drug-likeness (QED) is 0.515. The lowest BCUT2D eigenvalue weighted by molar-refractivity contribution is -0.385. The van der Waals surface area contributed by atoms with Crippen molar-refractivity contribution in [3.63, 3.8) is 0 Å². The molecule has 0 fully saturated rings. The molecule has 0 aliphatic heterocycles. The molecule has 0 saturated carbocycles. The first kappa shape index (κ1) is 14.4. The molecule has 0 bridgehead atoms. The van der Waals surface area contributed by atoms with Gasteiger partial charge in [-0.3, -0.25) is 10.1 Å². The van der Waals surface area contributed by atoms with Gasteiger partial charge in [-0.1, -0.05) is 20.8 Å². The lowest BCUT2D eigenvalue weighted by Gasteiger charge is -2.18. The molecule has 0 heterocycles. The number of hydrogen-bond acceptors (Lipinski definition) is 5. The van der Waals surface area contributed by atoms with E-state index in [1.54, 1.807) is 20.8 Å². The molecule has 0 atom stereocenters. The van der Waals surface area contributed by atoms with Crippen molar-refractivity contribution in [2.24, 2.45) is 5.41 Å². The van der Waals surface area contributed by atoms with E-state index in [9.17, 15) is 18.5 Å². The van der Waals surface area contributed by atoms with Crippen LogP contribution in [0.3, 0.4) is 0 Å². The van der Waals surface area contributed by atoms with Gasteiger partial charge in [-0.25, -0.2) is 8.42 Å². The van der Waals surface area contributed by atoms with E-state index in [4.69, 9.17) is 5.73 Å². The van der Waals surface area contributed by atoms with Gasteiger partial charge in [0, 0.05) is 12.1 Å². The molecule has 1 aromatic rings. The van der Waals surface area contributed by atoms with Gasteiger partial charge >= 0.3 is 0 Å². The minimum absolute atomic E-state index is 0.0323. The van der Waals surface area contributed by atoms with Crippen LogP contribution < -0.4 is 5.73 Å². The monoisotopic (exact) mass is 272 g/mol. The van der Waals surface area contributed by atoms with Crippen LogP contribution >= 0.6 is 0 Å². The van der Waals surface area contributed by atoms with Crippen molar-refractivity contribution >= 4 is 21.2 Å². The smallest absolute Gasteiger partial charge is 0.270 e. The third-order valence-electron chi connectivity index (χ3n) is 2.17. The van der Waals surface area contributed by atoms with Crippen molar-refractivity contribution in [1.29, 1.82) is 0 Å². The maximum absolute atomic E-state index is 12.1. The van der Waals surface area contributed by atoms with Crippen LogP contribution in [0.15, 0.2) is 23.1 Å². The van der Waals surface area contributed by atoms with Crippen LogP contribution in [0.2, 0.25) is 0 Å². The molecular formula is C11H16N2O4S. The van der Waals surface area contributed by atoms with Gasteiger partial charge in [-0.2, -0.15) is 0 Å². The standard InChI is InChI=1S/C11H16N2O4S/c1-11(2,3)7-18(16,17)10-6-8(13(14)15)4-5-9(10)12/h4-6H,7,12H2,1-3H3. The molecular weight excluding hydrogens is 256 g/mol. The molecule has 2 N–H and O–H groups in total. The van der Waals surface area contributed by atoms with Gasteiger partial charge in [-0.05, 0) is 11.5 Å². The van der Waals surface area contributed by atoms with Crippen molar-refractivity contribution in [3.8, 4) is 0 Å². The summed E-state index contributed by atoms with van der Waals surface area (Å²) in [5.41, 5.74) is 4.90. The van der Waals surface area contributed by atoms with Gasteiger partial charge in [0.2, 0.25) is 0 Å². The highest BCUT2D eigenvalue weighted by molar-refractivity contribution is 7.91. The fourth-order valence-corrected chi connectivity index (χ4v) is 3.58. The number of rotatable bonds is 3. The topological polar surface area (TPSA) is 103 Å². The number of nitro benzene ring substituents is 1. The summed E-state index contributed by atoms with van der Waals surface area (Å²) in [6, 6.07) is 3.44. The number of benzene rings is 1. The number of nitrogen functional groups attached to an aromatic ring is 1. The predicted molar refractivity (Wildman–Crippen MR) is 69.0 cm³/mol. The minimum atomic E-state index is -3.63. The van der Waals surface area contributed by atoms with E-state index in [-0.39, 0.29) is 22.0 Å². The number of sulfone groups is 1. The highest BCUT2D eigenvalue weighted by Crippen LogP contribution is 2.28. The average molecular weight is 272 g/mol. The average Bonchev–Trinajstić information content (AvgIpc) is 2.13. The zero-order chi connectivity index (χ0) is 14.1. The molecule has 100 valence electrons. The Balaban J connectivity index is 3.32. The van der Waals surface area contributed by atoms with Gasteiger partial charge in [0.25, 0.3) is 5.69 Å². The van der Waals surface area contributed by atoms with Crippen LogP contribution in [0, 0.1) is 15.5 Å². The first-order valence-electron chi connectivity index (χ1n) is 5.30. The molecule has 1 aromatic carbocycles. The summed E-state index contributed by atoms with van der Waals surface area (Å²) in [6.07, 6.45) is 0. The summed E-state index contributed by atoms with van der Waals surface area (Å²) in [4.78, 5) is 9.83. The molecule has 1 rings (SSSR count). The molecule has 0 aliphatic rings.